The summed E-state index contributed by atoms with van der Waals surface area (Å²) in [5, 5.41) is 8.12. The van der Waals surface area contributed by atoms with Crippen molar-refractivity contribution in [1.82, 2.24) is 24.8 Å². The molecule has 0 radical (unpaired) electrons. The number of carbonyl (C=O) groups is 1. The highest BCUT2D eigenvalue weighted by molar-refractivity contribution is 6.30. The first-order valence-electron chi connectivity index (χ1n) is 8.45. The van der Waals surface area contributed by atoms with Crippen molar-refractivity contribution in [2.24, 2.45) is 0 Å². The summed E-state index contributed by atoms with van der Waals surface area (Å²) >= 11 is 5.84. The van der Waals surface area contributed by atoms with Gasteiger partial charge in [-0.15, -0.1) is 5.10 Å². The van der Waals surface area contributed by atoms with Crippen molar-refractivity contribution in [3.63, 3.8) is 0 Å². The number of halogens is 2. The Kier molecular flexibility index (Phi) is 4.21. The van der Waals surface area contributed by atoms with Crippen molar-refractivity contribution in [3.05, 3.63) is 40.4 Å². The van der Waals surface area contributed by atoms with Crippen LogP contribution in [0.3, 0.4) is 0 Å². The fraction of sp³-hybridized carbons (Fsp3) is 0.471. The number of rotatable bonds is 3. The highest BCUT2D eigenvalue weighted by Crippen LogP contribution is 2.28. The summed E-state index contributed by atoms with van der Waals surface area (Å²) in [6.45, 7) is 5.04. The summed E-state index contributed by atoms with van der Waals surface area (Å²) in [5.74, 6) is -0.597. The Morgan fingerprint density at radius 3 is 2.60 bits per heavy atom. The fourth-order valence-electron chi connectivity index (χ4n) is 3.27. The summed E-state index contributed by atoms with van der Waals surface area (Å²) in [5.41, 5.74) is 1.53. The van der Waals surface area contributed by atoms with Gasteiger partial charge in [-0.05, 0) is 38.0 Å². The number of amides is 1. The van der Waals surface area contributed by atoms with Gasteiger partial charge in [0.2, 0.25) is 0 Å². The normalized spacial score (nSPS) is 18.6. The van der Waals surface area contributed by atoms with E-state index >= 15 is 0 Å². The quantitative estimate of drug-likeness (QED) is 0.839. The van der Waals surface area contributed by atoms with Crippen molar-refractivity contribution < 1.29 is 9.18 Å². The van der Waals surface area contributed by atoms with Crippen LogP contribution in [0.25, 0.3) is 5.69 Å². The van der Waals surface area contributed by atoms with Gasteiger partial charge in [0.05, 0.1) is 16.4 Å². The van der Waals surface area contributed by atoms with Gasteiger partial charge in [0.1, 0.15) is 5.82 Å². The van der Waals surface area contributed by atoms with E-state index in [1.54, 1.807) is 13.0 Å². The molecule has 4 rings (SSSR count). The average Bonchev–Trinajstić information content (AvgIpc) is 3.40. The molecule has 1 saturated carbocycles. The van der Waals surface area contributed by atoms with E-state index in [9.17, 15) is 9.18 Å². The number of piperazine rings is 1. The minimum atomic E-state index is -0.493. The minimum Gasteiger partial charge on any atom is -0.335 e. The third-order valence-corrected chi connectivity index (χ3v) is 5.20. The standard InChI is InChI=1S/C17H19ClFN5O/c1-11-16(17(25)23-8-6-22(7-9-23)12-2-3-12)20-21-24(11)13-4-5-15(19)14(18)10-13/h4-5,10,12H,2-3,6-9H2,1H3. The van der Waals surface area contributed by atoms with E-state index in [1.165, 1.54) is 29.7 Å². The number of nitrogens with zero attached hydrogens (tertiary/aromatic N) is 5. The molecule has 1 aliphatic carbocycles. The van der Waals surface area contributed by atoms with Crippen LogP contribution in [0.2, 0.25) is 5.02 Å². The molecular formula is C17H19ClFN5O. The monoisotopic (exact) mass is 363 g/mol. The van der Waals surface area contributed by atoms with Gasteiger partial charge in [-0.3, -0.25) is 9.69 Å². The lowest BCUT2D eigenvalue weighted by Crippen LogP contribution is -2.49. The molecule has 1 aliphatic heterocycles. The fourth-order valence-corrected chi connectivity index (χ4v) is 3.44. The van der Waals surface area contributed by atoms with E-state index in [0.717, 1.165) is 19.1 Å². The van der Waals surface area contributed by atoms with E-state index in [4.69, 9.17) is 11.6 Å². The third-order valence-electron chi connectivity index (χ3n) is 4.91. The highest BCUT2D eigenvalue weighted by Gasteiger charge is 2.33. The van der Waals surface area contributed by atoms with Crippen LogP contribution >= 0.6 is 11.6 Å². The van der Waals surface area contributed by atoms with Crippen molar-refractivity contribution in [3.8, 4) is 5.69 Å². The molecule has 0 unspecified atom stereocenters. The van der Waals surface area contributed by atoms with Crippen molar-refractivity contribution in [2.75, 3.05) is 26.2 Å². The Labute approximate surface area is 150 Å². The first-order valence-corrected chi connectivity index (χ1v) is 8.83. The Balaban J connectivity index is 1.52. The first-order chi connectivity index (χ1) is 12.0. The Morgan fingerprint density at radius 1 is 1.24 bits per heavy atom. The average molecular weight is 364 g/mol. The SMILES string of the molecule is Cc1c(C(=O)N2CCN(C3CC3)CC2)nnn1-c1ccc(F)c(Cl)c1. The van der Waals surface area contributed by atoms with E-state index < -0.39 is 5.82 Å². The van der Waals surface area contributed by atoms with Crippen LogP contribution in [-0.4, -0.2) is 62.9 Å². The molecule has 6 nitrogen and oxygen atoms in total. The summed E-state index contributed by atoms with van der Waals surface area (Å²) in [6, 6.07) is 5.03. The van der Waals surface area contributed by atoms with Gasteiger partial charge in [0, 0.05) is 32.2 Å². The smallest absolute Gasteiger partial charge is 0.276 e. The van der Waals surface area contributed by atoms with Crippen LogP contribution in [0.15, 0.2) is 18.2 Å². The van der Waals surface area contributed by atoms with Gasteiger partial charge in [-0.25, -0.2) is 9.07 Å². The molecule has 0 N–H and O–H groups in total. The molecule has 2 aliphatic rings. The van der Waals surface area contributed by atoms with Crippen LogP contribution < -0.4 is 0 Å². The van der Waals surface area contributed by atoms with E-state index in [2.05, 4.69) is 15.2 Å². The predicted octanol–water partition coefficient (Wildman–Crippen LogP) is 2.29. The molecule has 25 heavy (non-hydrogen) atoms. The molecule has 0 bridgehead atoms. The summed E-state index contributed by atoms with van der Waals surface area (Å²) in [4.78, 5) is 17.1. The second-order valence-corrected chi connectivity index (χ2v) is 7.00. The van der Waals surface area contributed by atoms with Gasteiger partial charge in [0.15, 0.2) is 5.69 Å². The van der Waals surface area contributed by atoms with E-state index in [1.807, 2.05) is 4.90 Å². The largest absolute Gasteiger partial charge is 0.335 e. The molecule has 2 heterocycles. The molecule has 2 fully saturated rings. The molecule has 0 spiro atoms. The second-order valence-electron chi connectivity index (χ2n) is 6.59. The van der Waals surface area contributed by atoms with Gasteiger partial charge in [0.25, 0.3) is 5.91 Å². The molecule has 2 aromatic rings. The van der Waals surface area contributed by atoms with Gasteiger partial charge in [-0.1, -0.05) is 16.8 Å². The molecule has 132 valence electrons. The molecule has 1 amide bonds. The van der Waals surface area contributed by atoms with Crippen molar-refractivity contribution >= 4 is 17.5 Å². The molecule has 1 saturated heterocycles. The third kappa shape index (κ3) is 3.14. The topological polar surface area (TPSA) is 54.3 Å². The summed E-state index contributed by atoms with van der Waals surface area (Å²) in [7, 11) is 0. The predicted molar refractivity (Wildman–Crippen MR) is 91.6 cm³/mol. The zero-order chi connectivity index (χ0) is 17.6. The zero-order valence-electron chi connectivity index (χ0n) is 14.0. The molecule has 8 heteroatoms. The molecule has 1 aromatic carbocycles. The van der Waals surface area contributed by atoms with Crippen LogP contribution in [0.1, 0.15) is 29.0 Å². The molecule has 1 aromatic heterocycles. The Bertz CT molecular complexity index is 811. The zero-order valence-corrected chi connectivity index (χ0v) is 14.7. The molecule has 0 atom stereocenters. The summed E-state index contributed by atoms with van der Waals surface area (Å²) < 4.78 is 14.9. The molecular weight excluding hydrogens is 345 g/mol. The van der Waals surface area contributed by atoms with Crippen molar-refractivity contribution in [1.29, 1.82) is 0 Å². The number of benzene rings is 1. The number of aromatic nitrogens is 3. The van der Waals surface area contributed by atoms with Crippen LogP contribution in [0, 0.1) is 12.7 Å². The second kappa shape index (κ2) is 6.38. The minimum absolute atomic E-state index is 0.0106. The maximum atomic E-state index is 13.3. The maximum absolute atomic E-state index is 13.3. The lowest BCUT2D eigenvalue weighted by molar-refractivity contribution is 0.0620. The number of hydrogen-bond donors (Lipinski definition) is 0. The first kappa shape index (κ1) is 16.5. The lowest BCUT2D eigenvalue weighted by Gasteiger charge is -2.34. The van der Waals surface area contributed by atoms with Gasteiger partial charge < -0.3 is 4.90 Å². The number of hydrogen-bond acceptors (Lipinski definition) is 4. The van der Waals surface area contributed by atoms with Crippen molar-refractivity contribution in [2.45, 2.75) is 25.8 Å². The van der Waals surface area contributed by atoms with Crippen LogP contribution in [0.4, 0.5) is 4.39 Å². The maximum Gasteiger partial charge on any atom is 0.276 e. The van der Waals surface area contributed by atoms with E-state index in [-0.39, 0.29) is 10.9 Å². The Morgan fingerprint density at radius 2 is 1.96 bits per heavy atom. The highest BCUT2D eigenvalue weighted by atomic mass is 35.5. The van der Waals surface area contributed by atoms with Gasteiger partial charge in [-0.2, -0.15) is 0 Å². The summed E-state index contributed by atoms with van der Waals surface area (Å²) in [6.07, 6.45) is 2.56. The Hall–Kier alpha value is -1.99. The number of carbonyl (C=O) groups excluding carboxylic acids is 1. The lowest BCUT2D eigenvalue weighted by atomic mass is 10.2. The van der Waals surface area contributed by atoms with Crippen LogP contribution in [0.5, 0.6) is 0 Å². The van der Waals surface area contributed by atoms with Crippen LogP contribution in [-0.2, 0) is 0 Å². The van der Waals surface area contributed by atoms with Gasteiger partial charge >= 0.3 is 0 Å². The van der Waals surface area contributed by atoms with E-state index in [0.29, 0.717) is 30.2 Å².